The molecule has 0 saturated heterocycles. The van der Waals surface area contributed by atoms with Crippen LogP contribution in [0.1, 0.15) is 27.6 Å². The first kappa shape index (κ1) is 18.0. The number of nitrogens with zero attached hydrogens (tertiary/aromatic N) is 3. The van der Waals surface area contributed by atoms with Gasteiger partial charge in [-0.15, -0.1) is 0 Å². The van der Waals surface area contributed by atoms with Crippen molar-refractivity contribution < 1.29 is 9.20 Å². The molecule has 0 radical (unpaired) electrons. The molecule has 0 fully saturated rings. The molecular formula is C24H20N5O+. The third-order valence-corrected chi connectivity index (χ3v) is 5.17. The van der Waals surface area contributed by atoms with Crippen LogP contribution in [-0.4, -0.2) is 20.9 Å². The summed E-state index contributed by atoms with van der Waals surface area (Å²) in [7, 11) is 0. The highest BCUT2D eigenvalue weighted by Gasteiger charge is 2.24. The molecular weight excluding hydrogens is 374 g/mol. The van der Waals surface area contributed by atoms with Crippen LogP contribution in [0, 0.1) is 0 Å². The maximum atomic E-state index is 13.0. The number of H-pyrrole nitrogens is 1. The SMILES string of the molecule is O=C(NCc1nccc2ccccc12)c1[nH]c(Cc2cccnc2)[n+]2ccccc12. The Morgan fingerprint density at radius 2 is 1.90 bits per heavy atom. The third-order valence-electron chi connectivity index (χ3n) is 5.17. The van der Waals surface area contributed by atoms with Crippen molar-refractivity contribution in [2.75, 3.05) is 0 Å². The van der Waals surface area contributed by atoms with Gasteiger partial charge in [-0.25, -0.2) is 4.98 Å². The van der Waals surface area contributed by atoms with Crippen LogP contribution in [0.25, 0.3) is 16.3 Å². The van der Waals surface area contributed by atoms with Gasteiger partial charge in [-0.2, -0.15) is 4.40 Å². The summed E-state index contributed by atoms with van der Waals surface area (Å²) in [5.74, 6) is 0.762. The van der Waals surface area contributed by atoms with Crippen molar-refractivity contribution in [2.45, 2.75) is 13.0 Å². The Kier molecular flexibility index (Phi) is 4.65. The van der Waals surface area contributed by atoms with Crippen LogP contribution in [0.3, 0.4) is 0 Å². The summed E-state index contributed by atoms with van der Waals surface area (Å²) < 4.78 is 2.01. The molecule has 146 valence electrons. The van der Waals surface area contributed by atoms with E-state index in [0.717, 1.165) is 33.4 Å². The normalized spacial score (nSPS) is 11.1. The molecule has 0 atom stereocenters. The Bertz CT molecular complexity index is 1340. The zero-order valence-electron chi connectivity index (χ0n) is 16.2. The van der Waals surface area contributed by atoms with Crippen LogP contribution < -0.4 is 9.72 Å². The molecule has 5 rings (SSSR count). The number of nitrogens with one attached hydrogen (secondary N) is 2. The van der Waals surface area contributed by atoms with Crippen molar-refractivity contribution in [1.82, 2.24) is 20.3 Å². The number of imidazole rings is 1. The molecule has 0 aliphatic heterocycles. The second-order valence-electron chi connectivity index (χ2n) is 7.10. The molecule has 0 aliphatic carbocycles. The van der Waals surface area contributed by atoms with E-state index in [4.69, 9.17) is 0 Å². The average Bonchev–Trinajstić information content (AvgIpc) is 3.17. The topological polar surface area (TPSA) is 74.8 Å². The number of hydrogen-bond donors (Lipinski definition) is 2. The first-order valence-electron chi connectivity index (χ1n) is 9.80. The number of rotatable bonds is 5. The lowest BCUT2D eigenvalue weighted by molar-refractivity contribution is -0.520. The molecule has 30 heavy (non-hydrogen) atoms. The van der Waals surface area contributed by atoms with Crippen molar-refractivity contribution in [3.63, 3.8) is 0 Å². The van der Waals surface area contributed by atoms with Crippen LogP contribution in [0.5, 0.6) is 0 Å². The van der Waals surface area contributed by atoms with Gasteiger partial charge in [0.05, 0.1) is 24.9 Å². The van der Waals surface area contributed by atoms with Crippen LogP contribution >= 0.6 is 0 Å². The molecule has 2 N–H and O–H groups in total. The molecule has 0 spiro atoms. The molecule has 0 unspecified atom stereocenters. The first-order chi connectivity index (χ1) is 14.8. The number of fused-ring (bicyclic) bond motifs is 2. The maximum absolute atomic E-state index is 13.0. The quantitative estimate of drug-likeness (QED) is 0.450. The zero-order valence-corrected chi connectivity index (χ0v) is 16.2. The summed E-state index contributed by atoms with van der Waals surface area (Å²) >= 11 is 0. The Balaban J connectivity index is 1.43. The Morgan fingerprint density at radius 1 is 1.00 bits per heavy atom. The number of aromatic amines is 1. The molecule has 0 saturated carbocycles. The molecule has 1 aromatic carbocycles. The minimum absolute atomic E-state index is 0.161. The van der Waals surface area contributed by atoms with Crippen LogP contribution in [0.2, 0.25) is 0 Å². The van der Waals surface area contributed by atoms with E-state index in [1.165, 1.54) is 0 Å². The van der Waals surface area contributed by atoms with E-state index in [-0.39, 0.29) is 5.91 Å². The van der Waals surface area contributed by atoms with Crippen molar-refractivity contribution in [3.8, 4) is 0 Å². The largest absolute Gasteiger partial charge is 0.343 e. The highest BCUT2D eigenvalue weighted by molar-refractivity contribution is 5.98. The van der Waals surface area contributed by atoms with Gasteiger partial charge in [-0.05, 0) is 35.2 Å². The predicted octanol–water partition coefficient (Wildman–Crippen LogP) is 3.22. The standard InChI is InChI=1S/C24H19N5O/c30-24(27-16-20-19-8-2-1-7-18(19)10-12-26-20)23-21-9-3-4-13-29(21)22(28-23)14-17-6-5-11-25-15-17/h1-13,15H,14,16H2,(H,27,30)/p+1. The van der Waals surface area contributed by atoms with Crippen molar-refractivity contribution >= 4 is 22.2 Å². The highest BCUT2D eigenvalue weighted by atomic mass is 16.1. The van der Waals surface area contributed by atoms with Crippen molar-refractivity contribution in [3.05, 3.63) is 108 Å². The van der Waals surface area contributed by atoms with E-state index >= 15 is 0 Å². The monoisotopic (exact) mass is 394 g/mol. The first-order valence-corrected chi connectivity index (χ1v) is 9.80. The number of aromatic nitrogens is 4. The van der Waals surface area contributed by atoms with Crippen LogP contribution in [0.4, 0.5) is 0 Å². The van der Waals surface area contributed by atoms with E-state index in [0.29, 0.717) is 18.7 Å². The minimum Gasteiger partial charge on any atom is -0.343 e. The van der Waals surface area contributed by atoms with E-state index < -0.39 is 0 Å². The Labute approximate surface area is 173 Å². The van der Waals surface area contributed by atoms with Gasteiger partial charge in [-0.3, -0.25) is 14.8 Å². The van der Waals surface area contributed by atoms with Gasteiger partial charge < -0.3 is 5.32 Å². The fourth-order valence-corrected chi connectivity index (χ4v) is 3.72. The fourth-order valence-electron chi connectivity index (χ4n) is 3.72. The number of hydrogen-bond acceptors (Lipinski definition) is 3. The van der Waals surface area contributed by atoms with Gasteiger partial charge in [0.1, 0.15) is 0 Å². The Morgan fingerprint density at radius 3 is 2.80 bits per heavy atom. The highest BCUT2D eigenvalue weighted by Crippen LogP contribution is 2.16. The number of carbonyl (C=O) groups excluding carboxylic acids is 1. The van der Waals surface area contributed by atoms with Crippen molar-refractivity contribution in [1.29, 1.82) is 0 Å². The van der Waals surface area contributed by atoms with Crippen molar-refractivity contribution in [2.24, 2.45) is 0 Å². The minimum atomic E-state index is -0.161. The summed E-state index contributed by atoms with van der Waals surface area (Å²) in [4.78, 5) is 25.0. The second-order valence-corrected chi connectivity index (χ2v) is 7.10. The lowest BCUT2D eigenvalue weighted by Crippen LogP contribution is -2.26. The van der Waals surface area contributed by atoms with Gasteiger partial charge in [0, 0.05) is 24.0 Å². The third kappa shape index (κ3) is 3.39. The van der Waals surface area contributed by atoms with Gasteiger partial charge >= 0.3 is 0 Å². The molecule has 1 amide bonds. The summed E-state index contributed by atoms with van der Waals surface area (Å²) in [6.45, 7) is 0.357. The summed E-state index contributed by atoms with van der Waals surface area (Å²) in [5, 5.41) is 5.17. The molecule has 4 heterocycles. The molecule has 6 nitrogen and oxygen atoms in total. The van der Waals surface area contributed by atoms with Gasteiger partial charge in [0.15, 0.2) is 5.52 Å². The average molecular weight is 394 g/mol. The smallest absolute Gasteiger partial charge is 0.295 e. The molecule has 5 aromatic rings. The van der Waals surface area contributed by atoms with Gasteiger partial charge in [0.2, 0.25) is 5.69 Å². The number of benzene rings is 1. The summed E-state index contributed by atoms with van der Waals surface area (Å²) in [6.07, 6.45) is 7.97. The lowest BCUT2D eigenvalue weighted by atomic mass is 10.1. The lowest BCUT2D eigenvalue weighted by Gasteiger charge is -2.06. The van der Waals surface area contributed by atoms with E-state index in [9.17, 15) is 4.79 Å². The van der Waals surface area contributed by atoms with E-state index in [1.54, 1.807) is 12.4 Å². The molecule has 6 heteroatoms. The Hall–Kier alpha value is -4.06. The molecule has 4 aromatic heterocycles. The van der Waals surface area contributed by atoms with E-state index in [2.05, 4.69) is 20.3 Å². The summed E-state index contributed by atoms with van der Waals surface area (Å²) in [6, 6.07) is 19.8. The maximum Gasteiger partial charge on any atom is 0.295 e. The zero-order chi connectivity index (χ0) is 20.3. The van der Waals surface area contributed by atoms with Crippen LogP contribution in [-0.2, 0) is 13.0 Å². The fraction of sp³-hybridized carbons (Fsp3) is 0.0833. The van der Waals surface area contributed by atoms with Gasteiger partial charge in [-0.1, -0.05) is 36.4 Å². The second kappa shape index (κ2) is 7.75. The number of pyridine rings is 3. The predicted molar refractivity (Wildman–Crippen MR) is 114 cm³/mol. The van der Waals surface area contributed by atoms with Crippen LogP contribution in [0.15, 0.2) is 85.5 Å². The van der Waals surface area contributed by atoms with Gasteiger partial charge in [0.25, 0.3) is 11.7 Å². The summed E-state index contributed by atoms with van der Waals surface area (Å²) in [5.41, 5.74) is 3.29. The molecule has 0 bridgehead atoms. The molecule has 0 aliphatic rings. The number of carbonyl (C=O) groups is 1. The van der Waals surface area contributed by atoms with E-state index in [1.807, 2.05) is 77.5 Å². The number of amides is 1.